The van der Waals surface area contributed by atoms with Crippen molar-refractivity contribution in [3.63, 3.8) is 0 Å². The molecule has 1 aliphatic rings. The maximum absolute atomic E-state index is 12.3. The van der Waals surface area contributed by atoms with E-state index in [1.165, 1.54) is 6.92 Å². The molecule has 1 aromatic heterocycles. The number of hydrogen-bond acceptors (Lipinski definition) is 2. The highest BCUT2D eigenvalue weighted by atomic mass is 16.2. The van der Waals surface area contributed by atoms with E-state index in [1.807, 2.05) is 30.3 Å². The van der Waals surface area contributed by atoms with Gasteiger partial charge in [-0.25, -0.2) is 0 Å². The molecule has 4 heteroatoms. The number of H-pyrrole nitrogens is 1. The molecule has 2 aromatic rings. The van der Waals surface area contributed by atoms with Crippen LogP contribution < -0.4 is 5.32 Å². The monoisotopic (exact) mass is 282 g/mol. The van der Waals surface area contributed by atoms with E-state index >= 15 is 0 Å². The third kappa shape index (κ3) is 3.05. The van der Waals surface area contributed by atoms with Crippen LogP contribution in [0.1, 0.15) is 52.2 Å². The highest BCUT2D eigenvalue weighted by Crippen LogP contribution is 2.41. The smallest absolute Gasteiger partial charge is 0.268 e. The summed E-state index contributed by atoms with van der Waals surface area (Å²) in [5.74, 6) is 0.300. The van der Waals surface area contributed by atoms with E-state index in [0.717, 1.165) is 18.4 Å². The van der Waals surface area contributed by atoms with Crippen LogP contribution in [-0.4, -0.2) is 16.7 Å². The van der Waals surface area contributed by atoms with Gasteiger partial charge in [0.15, 0.2) is 5.78 Å². The zero-order chi connectivity index (χ0) is 14.8. The fourth-order valence-corrected chi connectivity index (χ4v) is 2.51. The van der Waals surface area contributed by atoms with E-state index in [-0.39, 0.29) is 17.7 Å². The Morgan fingerprint density at radius 2 is 1.95 bits per heavy atom. The minimum absolute atomic E-state index is 0.0442. The maximum Gasteiger partial charge on any atom is 0.268 e. The number of ketones is 1. The van der Waals surface area contributed by atoms with Gasteiger partial charge < -0.3 is 10.3 Å². The lowest BCUT2D eigenvalue weighted by Crippen LogP contribution is -2.30. The molecule has 1 amide bonds. The summed E-state index contributed by atoms with van der Waals surface area (Å²) >= 11 is 0. The van der Waals surface area contributed by atoms with Gasteiger partial charge in [0.25, 0.3) is 5.91 Å². The van der Waals surface area contributed by atoms with Crippen molar-refractivity contribution in [1.82, 2.24) is 10.3 Å². The molecule has 1 heterocycles. The number of aromatic nitrogens is 1. The van der Waals surface area contributed by atoms with Crippen LogP contribution in [0.4, 0.5) is 0 Å². The fourth-order valence-electron chi connectivity index (χ4n) is 2.51. The molecule has 1 atom stereocenters. The maximum atomic E-state index is 12.3. The Labute approximate surface area is 123 Å². The molecule has 0 aliphatic heterocycles. The summed E-state index contributed by atoms with van der Waals surface area (Å²) in [6.07, 6.45) is 3.86. The highest BCUT2D eigenvalue weighted by Gasteiger charge is 2.33. The first-order valence-corrected chi connectivity index (χ1v) is 7.20. The number of aromatic amines is 1. The standard InChI is InChI=1S/C17H18N2O2/c1-11(20)14-9-15(18-10-14)17(21)19-16(13-7-8-13)12-5-3-2-4-6-12/h2-6,9-10,13,16,18H,7-8H2,1H3,(H,19,21). The Bertz CT molecular complexity index is 656. The van der Waals surface area contributed by atoms with Crippen LogP contribution in [0.3, 0.4) is 0 Å². The average molecular weight is 282 g/mol. The third-order valence-electron chi connectivity index (χ3n) is 3.87. The third-order valence-corrected chi connectivity index (χ3v) is 3.87. The van der Waals surface area contributed by atoms with Crippen molar-refractivity contribution >= 4 is 11.7 Å². The summed E-state index contributed by atoms with van der Waals surface area (Å²) in [5.41, 5.74) is 2.09. The van der Waals surface area contributed by atoms with Gasteiger partial charge in [0, 0.05) is 11.8 Å². The molecule has 1 aromatic carbocycles. The summed E-state index contributed by atoms with van der Waals surface area (Å²) in [7, 11) is 0. The molecule has 108 valence electrons. The van der Waals surface area contributed by atoms with Gasteiger partial charge in [-0.15, -0.1) is 0 Å². The van der Waals surface area contributed by atoms with Crippen LogP contribution in [0, 0.1) is 5.92 Å². The van der Waals surface area contributed by atoms with Crippen LogP contribution in [0.15, 0.2) is 42.6 Å². The normalized spacial score (nSPS) is 15.5. The summed E-state index contributed by atoms with van der Waals surface area (Å²) in [6.45, 7) is 1.49. The first-order chi connectivity index (χ1) is 10.1. The summed E-state index contributed by atoms with van der Waals surface area (Å²) in [5, 5.41) is 3.08. The number of benzene rings is 1. The minimum atomic E-state index is -0.164. The van der Waals surface area contributed by atoms with Gasteiger partial charge in [-0.2, -0.15) is 0 Å². The molecule has 0 saturated heterocycles. The second-order valence-electron chi connectivity index (χ2n) is 5.56. The summed E-state index contributed by atoms with van der Waals surface area (Å²) in [6, 6.07) is 11.7. The second kappa shape index (κ2) is 5.56. The molecule has 1 unspecified atom stereocenters. The number of hydrogen-bond donors (Lipinski definition) is 2. The van der Waals surface area contributed by atoms with Crippen LogP contribution in [-0.2, 0) is 0 Å². The Balaban J connectivity index is 1.76. The van der Waals surface area contributed by atoms with E-state index in [4.69, 9.17) is 0 Å². The Morgan fingerprint density at radius 3 is 2.52 bits per heavy atom. The molecular weight excluding hydrogens is 264 g/mol. The molecular formula is C17H18N2O2. The van der Waals surface area contributed by atoms with Crippen molar-refractivity contribution < 1.29 is 9.59 Å². The largest absolute Gasteiger partial charge is 0.356 e. The van der Waals surface area contributed by atoms with Gasteiger partial charge in [-0.3, -0.25) is 9.59 Å². The van der Waals surface area contributed by atoms with Crippen molar-refractivity contribution in [3.05, 3.63) is 59.4 Å². The lowest BCUT2D eigenvalue weighted by Gasteiger charge is -2.18. The predicted molar refractivity (Wildman–Crippen MR) is 80.2 cm³/mol. The van der Waals surface area contributed by atoms with Crippen molar-refractivity contribution in [2.24, 2.45) is 5.92 Å². The molecule has 0 bridgehead atoms. The molecule has 21 heavy (non-hydrogen) atoms. The van der Waals surface area contributed by atoms with E-state index in [2.05, 4.69) is 10.3 Å². The van der Waals surface area contributed by atoms with E-state index in [9.17, 15) is 9.59 Å². The number of amides is 1. The number of carbonyl (C=O) groups is 2. The van der Waals surface area contributed by atoms with Crippen LogP contribution in [0.5, 0.6) is 0 Å². The Hall–Kier alpha value is -2.36. The molecule has 2 N–H and O–H groups in total. The van der Waals surface area contributed by atoms with Gasteiger partial charge in [0.1, 0.15) is 5.69 Å². The molecule has 1 saturated carbocycles. The van der Waals surface area contributed by atoms with E-state index in [0.29, 0.717) is 17.2 Å². The lowest BCUT2D eigenvalue weighted by atomic mass is 10.0. The van der Waals surface area contributed by atoms with Crippen molar-refractivity contribution in [2.75, 3.05) is 0 Å². The predicted octanol–water partition coefficient (Wildman–Crippen LogP) is 3.10. The zero-order valence-electron chi connectivity index (χ0n) is 11.9. The van der Waals surface area contributed by atoms with Gasteiger partial charge in [0.2, 0.25) is 0 Å². The van der Waals surface area contributed by atoms with Gasteiger partial charge >= 0.3 is 0 Å². The van der Waals surface area contributed by atoms with Gasteiger partial charge in [-0.1, -0.05) is 30.3 Å². The molecule has 3 rings (SSSR count). The van der Waals surface area contributed by atoms with E-state index < -0.39 is 0 Å². The summed E-state index contributed by atoms with van der Waals surface area (Å²) in [4.78, 5) is 26.5. The van der Waals surface area contributed by atoms with Crippen molar-refractivity contribution in [3.8, 4) is 0 Å². The minimum Gasteiger partial charge on any atom is -0.356 e. The van der Waals surface area contributed by atoms with Crippen LogP contribution in [0.25, 0.3) is 0 Å². The topological polar surface area (TPSA) is 62.0 Å². The van der Waals surface area contributed by atoms with Gasteiger partial charge in [-0.05, 0) is 37.3 Å². The Morgan fingerprint density at radius 1 is 1.24 bits per heavy atom. The highest BCUT2D eigenvalue weighted by molar-refractivity contribution is 5.99. The quantitative estimate of drug-likeness (QED) is 0.828. The first-order valence-electron chi connectivity index (χ1n) is 7.20. The van der Waals surface area contributed by atoms with Crippen molar-refractivity contribution in [1.29, 1.82) is 0 Å². The molecule has 1 fully saturated rings. The fraction of sp³-hybridized carbons (Fsp3) is 0.294. The van der Waals surface area contributed by atoms with Crippen molar-refractivity contribution in [2.45, 2.75) is 25.8 Å². The zero-order valence-corrected chi connectivity index (χ0v) is 11.9. The average Bonchev–Trinajstić information content (AvgIpc) is 3.20. The second-order valence-corrected chi connectivity index (χ2v) is 5.56. The lowest BCUT2D eigenvalue weighted by molar-refractivity contribution is 0.0927. The van der Waals surface area contributed by atoms with Crippen LogP contribution >= 0.6 is 0 Å². The van der Waals surface area contributed by atoms with E-state index in [1.54, 1.807) is 12.3 Å². The molecule has 4 nitrogen and oxygen atoms in total. The number of Topliss-reactive ketones (excluding diaryl/α,β-unsaturated/α-hetero) is 1. The summed E-state index contributed by atoms with van der Waals surface area (Å²) < 4.78 is 0. The Kier molecular flexibility index (Phi) is 3.60. The number of carbonyl (C=O) groups excluding carboxylic acids is 2. The van der Waals surface area contributed by atoms with Crippen LogP contribution in [0.2, 0.25) is 0 Å². The first kappa shape index (κ1) is 13.6. The number of nitrogens with one attached hydrogen (secondary N) is 2. The molecule has 0 radical (unpaired) electrons. The molecule has 1 aliphatic carbocycles. The number of rotatable bonds is 5. The molecule has 0 spiro atoms. The SMILES string of the molecule is CC(=O)c1c[nH]c(C(=O)NC(c2ccccc2)C2CC2)c1. The van der Waals surface area contributed by atoms with Gasteiger partial charge in [0.05, 0.1) is 6.04 Å².